The molecule has 0 radical (unpaired) electrons. The second kappa shape index (κ2) is 9.41. The molecule has 3 rings (SSSR count). The summed E-state index contributed by atoms with van der Waals surface area (Å²) in [5.74, 6) is -0.434. The third-order valence-electron chi connectivity index (χ3n) is 4.35. The number of benzene rings is 2. The van der Waals surface area contributed by atoms with E-state index >= 15 is 0 Å². The van der Waals surface area contributed by atoms with E-state index in [-0.39, 0.29) is 30.1 Å². The van der Waals surface area contributed by atoms with Crippen molar-refractivity contribution in [2.75, 3.05) is 6.61 Å². The van der Waals surface area contributed by atoms with Crippen molar-refractivity contribution in [1.29, 1.82) is 0 Å². The number of aromatic nitrogens is 1. The number of ether oxygens (including phenoxy) is 2. The van der Waals surface area contributed by atoms with E-state index in [2.05, 4.69) is 4.98 Å². The van der Waals surface area contributed by atoms with Gasteiger partial charge >= 0.3 is 5.97 Å². The van der Waals surface area contributed by atoms with Crippen LogP contribution in [0, 0.1) is 0 Å². The molecule has 3 aromatic rings. The van der Waals surface area contributed by atoms with Crippen LogP contribution in [0.3, 0.4) is 0 Å². The Balaban J connectivity index is 1.78. The molecule has 6 nitrogen and oxygen atoms in total. The summed E-state index contributed by atoms with van der Waals surface area (Å²) in [6.07, 6.45) is 1.48. The van der Waals surface area contributed by atoms with Gasteiger partial charge in [0.15, 0.2) is 5.78 Å². The zero-order valence-corrected chi connectivity index (χ0v) is 17.3. The molecule has 0 atom stereocenters. The molecule has 30 heavy (non-hydrogen) atoms. The second-order valence-electron chi connectivity index (χ2n) is 6.54. The number of nitrogens with one attached hydrogen (secondary N) is 1. The molecule has 0 amide bonds. The molecule has 0 spiro atoms. The van der Waals surface area contributed by atoms with Crippen molar-refractivity contribution in [3.05, 3.63) is 80.6 Å². The minimum atomic E-state index is -0.647. The van der Waals surface area contributed by atoms with E-state index in [0.717, 1.165) is 10.9 Å². The van der Waals surface area contributed by atoms with E-state index in [1.165, 1.54) is 19.1 Å². The predicted octanol–water partition coefficient (Wildman–Crippen LogP) is 4.30. The number of Topliss-reactive ketones (excluding diaryl/α,β-unsaturated/α-hetero) is 1. The van der Waals surface area contributed by atoms with E-state index in [4.69, 9.17) is 21.1 Å². The molecule has 1 N–H and O–H groups in total. The van der Waals surface area contributed by atoms with Crippen molar-refractivity contribution in [1.82, 2.24) is 4.98 Å². The van der Waals surface area contributed by atoms with Gasteiger partial charge in [0.05, 0.1) is 12.1 Å². The zero-order chi connectivity index (χ0) is 21.7. The van der Waals surface area contributed by atoms with Crippen molar-refractivity contribution in [3.8, 4) is 5.75 Å². The number of fused-ring (bicyclic) bond motifs is 1. The van der Waals surface area contributed by atoms with E-state index in [1.807, 2.05) is 6.07 Å². The van der Waals surface area contributed by atoms with Crippen molar-refractivity contribution in [2.45, 2.75) is 20.5 Å². The van der Waals surface area contributed by atoms with Crippen LogP contribution in [0.4, 0.5) is 0 Å². The molecule has 0 fully saturated rings. The van der Waals surface area contributed by atoms with Gasteiger partial charge in [0.2, 0.25) is 5.56 Å². The van der Waals surface area contributed by atoms with E-state index in [0.29, 0.717) is 21.9 Å². The van der Waals surface area contributed by atoms with Gasteiger partial charge in [-0.1, -0.05) is 29.8 Å². The highest BCUT2D eigenvalue weighted by atomic mass is 35.5. The predicted molar refractivity (Wildman–Crippen MR) is 116 cm³/mol. The van der Waals surface area contributed by atoms with Crippen LogP contribution in [0.15, 0.2) is 58.9 Å². The van der Waals surface area contributed by atoms with Crippen LogP contribution in [0.5, 0.6) is 5.75 Å². The molecule has 0 aliphatic heterocycles. The van der Waals surface area contributed by atoms with Crippen LogP contribution in [0.25, 0.3) is 17.0 Å². The first-order valence-corrected chi connectivity index (χ1v) is 9.69. The summed E-state index contributed by atoms with van der Waals surface area (Å²) in [4.78, 5) is 38.3. The summed E-state index contributed by atoms with van der Waals surface area (Å²) < 4.78 is 10.7. The summed E-state index contributed by atoms with van der Waals surface area (Å²) in [7, 11) is 0. The zero-order valence-electron chi connectivity index (χ0n) is 16.5. The molecule has 0 unspecified atom stereocenters. The lowest BCUT2D eigenvalue weighted by molar-refractivity contribution is -0.139. The molecule has 1 heterocycles. The number of hydrogen-bond donors (Lipinski definition) is 1. The Bertz CT molecular complexity index is 1180. The molecule has 0 aliphatic carbocycles. The van der Waals surface area contributed by atoms with Crippen LogP contribution in [-0.4, -0.2) is 23.3 Å². The maximum absolute atomic E-state index is 11.9. The molecular formula is C23H20ClNO5. The quantitative estimate of drug-likeness (QED) is 0.264. The van der Waals surface area contributed by atoms with E-state index in [9.17, 15) is 14.4 Å². The number of aromatic amines is 1. The SMILES string of the molecule is CCOC(=O)C(=Cc1ccc(OCc2cc(=O)[nH]c3cc(Cl)ccc23)cc1)C(C)=O. The summed E-state index contributed by atoms with van der Waals surface area (Å²) in [6.45, 7) is 3.39. The van der Waals surface area contributed by atoms with Crippen molar-refractivity contribution < 1.29 is 19.1 Å². The van der Waals surface area contributed by atoms with E-state index in [1.54, 1.807) is 43.3 Å². The van der Waals surface area contributed by atoms with Gasteiger partial charge in [-0.25, -0.2) is 4.79 Å². The third kappa shape index (κ3) is 5.15. The first-order chi connectivity index (χ1) is 14.4. The van der Waals surface area contributed by atoms with Gasteiger partial charge in [0.25, 0.3) is 0 Å². The van der Waals surface area contributed by atoms with Gasteiger partial charge in [0, 0.05) is 22.0 Å². The maximum atomic E-state index is 11.9. The maximum Gasteiger partial charge on any atom is 0.341 e. The van der Waals surface area contributed by atoms with Crippen LogP contribution >= 0.6 is 11.6 Å². The fourth-order valence-corrected chi connectivity index (χ4v) is 3.10. The summed E-state index contributed by atoms with van der Waals surface area (Å²) in [6, 6.07) is 13.7. The topological polar surface area (TPSA) is 85.5 Å². The second-order valence-corrected chi connectivity index (χ2v) is 6.98. The molecule has 0 aliphatic rings. The van der Waals surface area contributed by atoms with Gasteiger partial charge in [-0.15, -0.1) is 0 Å². The van der Waals surface area contributed by atoms with Crippen LogP contribution in [0.2, 0.25) is 5.02 Å². The molecule has 0 bridgehead atoms. The number of esters is 1. The lowest BCUT2D eigenvalue weighted by Crippen LogP contribution is -2.13. The molecule has 7 heteroatoms. The standard InChI is InChI=1S/C23H20ClNO5/c1-3-29-23(28)20(14(2)26)10-15-4-7-18(8-5-15)30-13-16-11-22(27)25-21-12-17(24)6-9-19(16)21/h4-12H,3,13H2,1-2H3,(H,25,27). The molecule has 2 aromatic carbocycles. The highest BCUT2D eigenvalue weighted by Crippen LogP contribution is 2.22. The number of H-pyrrole nitrogens is 1. The normalized spacial score (nSPS) is 11.4. The van der Waals surface area contributed by atoms with Gasteiger partial charge in [-0.05, 0) is 49.8 Å². The Morgan fingerprint density at radius 3 is 2.50 bits per heavy atom. The molecule has 154 valence electrons. The van der Waals surface area contributed by atoms with E-state index < -0.39 is 5.97 Å². The highest BCUT2D eigenvalue weighted by molar-refractivity contribution is 6.31. The number of pyridine rings is 1. The van der Waals surface area contributed by atoms with Gasteiger partial charge in [-0.2, -0.15) is 0 Å². The monoisotopic (exact) mass is 425 g/mol. The number of carbonyl (C=O) groups excluding carboxylic acids is 2. The Morgan fingerprint density at radius 2 is 1.83 bits per heavy atom. The molecular weight excluding hydrogens is 406 g/mol. The number of rotatable bonds is 7. The molecule has 0 saturated heterocycles. The molecule has 1 aromatic heterocycles. The lowest BCUT2D eigenvalue weighted by Gasteiger charge is -2.10. The molecule has 0 saturated carbocycles. The fraction of sp³-hybridized carbons (Fsp3) is 0.174. The number of halogens is 1. The van der Waals surface area contributed by atoms with Crippen molar-refractivity contribution in [2.24, 2.45) is 0 Å². The number of hydrogen-bond acceptors (Lipinski definition) is 5. The minimum Gasteiger partial charge on any atom is -0.489 e. The first-order valence-electron chi connectivity index (χ1n) is 9.31. The van der Waals surface area contributed by atoms with Crippen molar-refractivity contribution >= 4 is 40.3 Å². The number of ketones is 1. The average Bonchev–Trinajstić information content (AvgIpc) is 2.70. The fourth-order valence-electron chi connectivity index (χ4n) is 2.93. The first kappa shape index (κ1) is 21.3. The Hall–Kier alpha value is -3.38. The van der Waals surface area contributed by atoms with Crippen LogP contribution in [0.1, 0.15) is 25.0 Å². The number of carbonyl (C=O) groups is 2. The van der Waals surface area contributed by atoms with Crippen molar-refractivity contribution in [3.63, 3.8) is 0 Å². The van der Waals surface area contributed by atoms with Gasteiger partial charge < -0.3 is 14.5 Å². The lowest BCUT2D eigenvalue weighted by atomic mass is 10.1. The van der Waals surface area contributed by atoms with Gasteiger partial charge in [-0.3, -0.25) is 9.59 Å². The largest absolute Gasteiger partial charge is 0.489 e. The van der Waals surface area contributed by atoms with Crippen LogP contribution in [-0.2, 0) is 20.9 Å². The smallest absolute Gasteiger partial charge is 0.341 e. The summed E-state index contributed by atoms with van der Waals surface area (Å²) in [5, 5.41) is 1.38. The summed E-state index contributed by atoms with van der Waals surface area (Å²) in [5.41, 5.74) is 1.79. The third-order valence-corrected chi connectivity index (χ3v) is 4.59. The Kier molecular flexibility index (Phi) is 6.69. The van der Waals surface area contributed by atoms with Crippen LogP contribution < -0.4 is 10.3 Å². The Labute approximate surface area is 178 Å². The minimum absolute atomic E-state index is 0.0147. The average molecular weight is 426 g/mol. The summed E-state index contributed by atoms with van der Waals surface area (Å²) >= 11 is 6.00. The Morgan fingerprint density at radius 1 is 1.10 bits per heavy atom. The highest BCUT2D eigenvalue weighted by Gasteiger charge is 2.15. The van der Waals surface area contributed by atoms with Gasteiger partial charge in [0.1, 0.15) is 17.9 Å².